The SMILES string of the molecule is CCOC(=O)N1CCC(NC(=O)CC(=O)Nc2ccccc2C)CC1. The molecule has 1 aromatic rings. The molecule has 1 aromatic carbocycles. The Bertz CT molecular complexity index is 625. The quantitative estimate of drug-likeness (QED) is 0.798. The Morgan fingerprint density at radius 2 is 1.84 bits per heavy atom. The molecule has 0 saturated carbocycles. The number of ether oxygens (including phenoxy) is 1. The number of carbonyl (C=O) groups excluding carboxylic acids is 3. The van der Waals surface area contributed by atoms with Crippen molar-refractivity contribution in [2.75, 3.05) is 25.0 Å². The first-order valence-corrected chi connectivity index (χ1v) is 8.56. The van der Waals surface area contributed by atoms with Gasteiger partial charge in [-0.25, -0.2) is 4.79 Å². The maximum Gasteiger partial charge on any atom is 0.409 e. The first-order chi connectivity index (χ1) is 12.0. The van der Waals surface area contributed by atoms with Crippen molar-refractivity contribution in [3.63, 3.8) is 0 Å². The second kappa shape index (κ2) is 9.05. The van der Waals surface area contributed by atoms with E-state index in [4.69, 9.17) is 4.74 Å². The second-order valence-electron chi connectivity index (χ2n) is 6.07. The lowest BCUT2D eigenvalue weighted by Gasteiger charge is -2.31. The van der Waals surface area contributed by atoms with Gasteiger partial charge in [0.15, 0.2) is 0 Å². The average Bonchev–Trinajstić information content (AvgIpc) is 2.57. The fourth-order valence-corrected chi connectivity index (χ4v) is 2.75. The summed E-state index contributed by atoms with van der Waals surface area (Å²) >= 11 is 0. The van der Waals surface area contributed by atoms with Gasteiger partial charge in [0, 0.05) is 24.8 Å². The van der Waals surface area contributed by atoms with E-state index in [1.165, 1.54) is 0 Å². The first-order valence-electron chi connectivity index (χ1n) is 8.56. The number of hydrogen-bond donors (Lipinski definition) is 2. The molecule has 25 heavy (non-hydrogen) atoms. The van der Waals surface area contributed by atoms with E-state index in [9.17, 15) is 14.4 Å². The molecule has 1 saturated heterocycles. The summed E-state index contributed by atoms with van der Waals surface area (Å²) in [6.07, 6.45) is 0.783. The smallest absolute Gasteiger partial charge is 0.409 e. The monoisotopic (exact) mass is 347 g/mol. The van der Waals surface area contributed by atoms with Crippen molar-refractivity contribution in [1.29, 1.82) is 0 Å². The third-order valence-electron chi connectivity index (χ3n) is 4.13. The standard InChI is InChI=1S/C18H25N3O4/c1-3-25-18(24)21-10-8-14(9-11-21)19-16(22)12-17(23)20-15-7-5-4-6-13(15)2/h4-7,14H,3,8-12H2,1-2H3,(H,19,22)(H,20,23). The minimum Gasteiger partial charge on any atom is -0.450 e. The van der Waals surface area contributed by atoms with Gasteiger partial charge in [-0.15, -0.1) is 0 Å². The number of piperidine rings is 1. The van der Waals surface area contributed by atoms with Gasteiger partial charge in [0.1, 0.15) is 6.42 Å². The summed E-state index contributed by atoms with van der Waals surface area (Å²) in [6.45, 7) is 5.10. The number of rotatable bonds is 5. The molecule has 1 fully saturated rings. The van der Waals surface area contributed by atoms with Crippen LogP contribution in [0, 0.1) is 6.92 Å². The van der Waals surface area contributed by atoms with Gasteiger partial charge < -0.3 is 20.3 Å². The van der Waals surface area contributed by atoms with Gasteiger partial charge in [-0.2, -0.15) is 0 Å². The molecule has 0 bridgehead atoms. The van der Waals surface area contributed by atoms with Crippen LogP contribution in [0.2, 0.25) is 0 Å². The van der Waals surface area contributed by atoms with Crippen LogP contribution in [0.5, 0.6) is 0 Å². The summed E-state index contributed by atoms with van der Waals surface area (Å²) in [5.41, 5.74) is 1.66. The Balaban J connectivity index is 1.73. The number of likely N-dealkylation sites (tertiary alicyclic amines) is 1. The predicted molar refractivity (Wildman–Crippen MR) is 94.2 cm³/mol. The number of nitrogens with zero attached hydrogens (tertiary/aromatic N) is 1. The molecule has 7 nitrogen and oxygen atoms in total. The Morgan fingerprint density at radius 1 is 1.16 bits per heavy atom. The third kappa shape index (κ3) is 5.77. The van der Waals surface area contributed by atoms with E-state index in [0.29, 0.717) is 38.2 Å². The number of anilines is 1. The Kier molecular flexibility index (Phi) is 6.80. The maximum absolute atomic E-state index is 12.0. The summed E-state index contributed by atoms with van der Waals surface area (Å²) in [7, 11) is 0. The number of carbonyl (C=O) groups is 3. The van der Waals surface area contributed by atoms with Crippen molar-refractivity contribution in [2.45, 2.75) is 39.2 Å². The Morgan fingerprint density at radius 3 is 2.48 bits per heavy atom. The highest BCUT2D eigenvalue weighted by molar-refractivity contribution is 6.03. The van der Waals surface area contributed by atoms with E-state index in [0.717, 1.165) is 5.56 Å². The number of amides is 3. The van der Waals surface area contributed by atoms with Crippen molar-refractivity contribution in [2.24, 2.45) is 0 Å². The van der Waals surface area contributed by atoms with Crippen LogP contribution in [0.25, 0.3) is 0 Å². The summed E-state index contributed by atoms with van der Waals surface area (Å²) < 4.78 is 4.96. The maximum atomic E-state index is 12.0. The van der Waals surface area contributed by atoms with Crippen LogP contribution in [0.4, 0.5) is 10.5 Å². The molecule has 1 aliphatic rings. The zero-order chi connectivity index (χ0) is 18.2. The molecule has 2 rings (SSSR count). The van der Waals surface area contributed by atoms with Crippen molar-refractivity contribution >= 4 is 23.6 Å². The fraction of sp³-hybridized carbons (Fsp3) is 0.500. The van der Waals surface area contributed by atoms with Gasteiger partial charge in [0.05, 0.1) is 6.61 Å². The average molecular weight is 347 g/mol. The zero-order valence-corrected chi connectivity index (χ0v) is 14.7. The van der Waals surface area contributed by atoms with Crippen LogP contribution in [0.15, 0.2) is 24.3 Å². The van der Waals surface area contributed by atoms with Crippen molar-refractivity contribution in [1.82, 2.24) is 10.2 Å². The highest BCUT2D eigenvalue weighted by Crippen LogP contribution is 2.14. The van der Waals surface area contributed by atoms with E-state index in [1.807, 2.05) is 25.1 Å². The van der Waals surface area contributed by atoms with Gasteiger partial charge in [0.2, 0.25) is 11.8 Å². The second-order valence-corrected chi connectivity index (χ2v) is 6.07. The third-order valence-corrected chi connectivity index (χ3v) is 4.13. The summed E-state index contributed by atoms with van der Waals surface area (Å²) in [5.74, 6) is -0.642. The molecule has 1 heterocycles. The largest absolute Gasteiger partial charge is 0.450 e. The Labute approximate surface area is 147 Å². The lowest BCUT2D eigenvalue weighted by Crippen LogP contribution is -2.47. The minimum absolute atomic E-state index is 0.0237. The molecule has 0 unspecified atom stereocenters. The normalized spacial score (nSPS) is 14.7. The molecule has 0 atom stereocenters. The molecule has 2 N–H and O–H groups in total. The molecule has 0 radical (unpaired) electrons. The van der Waals surface area contributed by atoms with Gasteiger partial charge in [-0.3, -0.25) is 9.59 Å². The molecule has 7 heteroatoms. The Hall–Kier alpha value is -2.57. The zero-order valence-electron chi connectivity index (χ0n) is 14.7. The predicted octanol–water partition coefficient (Wildman–Crippen LogP) is 2.06. The summed E-state index contributed by atoms with van der Waals surface area (Å²) in [5, 5.41) is 5.61. The molecule has 0 spiro atoms. The number of nitrogens with one attached hydrogen (secondary N) is 2. The van der Waals surface area contributed by atoms with Gasteiger partial charge in [0.25, 0.3) is 0 Å². The van der Waals surface area contributed by atoms with E-state index in [1.54, 1.807) is 17.9 Å². The van der Waals surface area contributed by atoms with Crippen LogP contribution in [0.3, 0.4) is 0 Å². The molecule has 0 aliphatic carbocycles. The van der Waals surface area contributed by atoms with E-state index in [-0.39, 0.29) is 30.4 Å². The molecule has 0 aromatic heterocycles. The van der Waals surface area contributed by atoms with Crippen molar-refractivity contribution in [3.8, 4) is 0 Å². The number of benzene rings is 1. The van der Waals surface area contributed by atoms with E-state index < -0.39 is 0 Å². The van der Waals surface area contributed by atoms with Crippen molar-refractivity contribution < 1.29 is 19.1 Å². The molecular weight excluding hydrogens is 322 g/mol. The minimum atomic E-state index is -0.337. The van der Waals surface area contributed by atoms with E-state index in [2.05, 4.69) is 10.6 Å². The molecule has 1 aliphatic heterocycles. The van der Waals surface area contributed by atoms with Crippen LogP contribution in [-0.4, -0.2) is 48.5 Å². The number of aryl methyl sites for hydroxylation is 1. The molecular formula is C18H25N3O4. The highest BCUT2D eigenvalue weighted by atomic mass is 16.6. The summed E-state index contributed by atoms with van der Waals surface area (Å²) in [6, 6.07) is 7.40. The fourth-order valence-electron chi connectivity index (χ4n) is 2.75. The topological polar surface area (TPSA) is 87.7 Å². The van der Waals surface area contributed by atoms with E-state index >= 15 is 0 Å². The van der Waals surface area contributed by atoms with Gasteiger partial charge in [-0.1, -0.05) is 18.2 Å². The molecule has 3 amide bonds. The lowest BCUT2D eigenvalue weighted by atomic mass is 10.1. The highest BCUT2D eigenvalue weighted by Gasteiger charge is 2.25. The summed E-state index contributed by atoms with van der Waals surface area (Å²) in [4.78, 5) is 37.3. The number of para-hydroxylation sites is 1. The van der Waals surface area contributed by atoms with Crippen molar-refractivity contribution in [3.05, 3.63) is 29.8 Å². The lowest BCUT2D eigenvalue weighted by molar-refractivity contribution is -0.127. The van der Waals surface area contributed by atoms with Crippen LogP contribution >= 0.6 is 0 Å². The van der Waals surface area contributed by atoms with Gasteiger partial charge in [-0.05, 0) is 38.3 Å². The van der Waals surface area contributed by atoms with Gasteiger partial charge >= 0.3 is 6.09 Å². The number of hydrogen-bond acceptors (Lipinski definition) is 4. The van der Waals surface area contributed by atoms with Crippen LogP contribution in [0.1, 0.15) is 31.7 Å². The van der Waals surface area contributed by atoms with Crippen LogP contribution < -0.4 is 10.6 Å². The first kappa shape index (κ1) is 18.8. The van der Waals surface area contributed by atoms with Crippen LogP contribution in [-0.2, 0) is 14.3 Å². The molecule has 136 valence electrons.